The van der Waals surface area contributed by atoms with Crippen LogP contribution in [0.4, 0.5) is 0 Å². The molecule has 1 aromatic rings. The molecule has 0 unspecified atom stereocenters. The molecule has 0 radical (unpaired) electrons. The van der Waals surface area contributed by atoms with Crippen molar-refractivity contribution in [3.05, 3.63) is 28.5 Å². The summed E-state index contributed by atoms with van der Waals surface area (Å²) in [6, 6.07) is 3.44. The van der Waals surface area contributed by atoms with Gasteiger partial charge >= 0.3 is 0 Å². The van der Waals surface area contributed by atoms with Gasteiger partial charge in [0.2, 0.25) is 0 Å². The zero-order chi connectivity index (χ0) is 11.3. The van der Waals surface area contributed by atoms with Crippen molar-refractivity contribution >= 4 is 21.8 Å². The van der Waals surface area contributed by atoms with Crippen molar-refractivity contribution in [2.75, 3.05) is 13.1 Å². The highest BCUT2D eigenvalue weighted by molar-refractivity contribution is 9.10. The van der Waals surface area contributed by atoms with Gasteiger partial charge in [-0.25, -0.2) is 4.98 Å². The summed E-state index contributed by atoms with van der Waals surface area (Å²) in [6.45, 7) is 2.79. The minimum atomic E-state index is -0.101. The fraction of sp³-hybridized carbons (Fsp3) is 0.273. The van der Waals surface area contributed by atoms with Crippen molar-refractivity contribution in [2.24, 2.45) is 0 Å². The van der Waals surface area contributed by atoms with Gasteiger partial charge in [0.25, 0.3) is 5.91 Å². The third-order valence-electron chi connectivity index (χ3n) is 1.94. The summed E-state index contributed by atoms with van der Waals surface area (Å²) in [6.07, 6.45) is 6.81. The summed E-state index contributed by atoms with van der Waals surface area (Å²) in [7, 11) is 0. The molecule has 78 valence electrons. The van der Waals surface area contributed by atoms with Crippen molar-refractivity contribution < 1.29 is 4.79 Å². The maximum Gasteiger partial charge on any atom is 0.257 e. The Morgan fingerprint density at radius 1 is 1.73 bits per heavy atom. The molecule has 1 amide bonds. The number of hydrogen-bond donors (Lipinski definition) is 0. The van der Waals surface area contributed by atoms with Gasteiger partial charge in [-0.1, -0.05) is 5.92 Å². The average molecular weight is 267 g/mol. The maximum atomic E-state index is 11.9. The largest absolute Gasteiger partial charge is 0.328 e. The molecule has 0 saturated carbocycles. The van der Waals surface area contributed by atoms with E-state index in [1.54, 1.807) is 23.2 Å². The highest BCUT2D eigenvalue weighted by Crippen LogP contribution is 2.14. The Kier molecular flexibility index (Phi) is 4.32. The lowest BCUT2D eigenvalue weighted by atomic mass is 10.2. The maximum absolute atomic E-state index is 11.9. The third-order valence-corrected chi connectivity index (χ3v) is 2.57. The molecule has 1 aromatic heterocycles. The monoisotopic (exact) mass is 266 g/mol. The topological polar surface area (TPSA) is 33.2 Å². The number of carbonyl (C=O) groups is 1. The van der Waals surface area contributed by atoms with E-state index in [4.69, 9.17) is 6.42 Å². The fourth-order valence-electron chi connectivity index (χ4n) is 1.15. The van der Waals surface area contributed by atoms with Gasteiger partial charge in [0.15, 0.2) is 0 Å². The van der Waals surface area contributed by atoms with Crippen LogP contribution in [0.5, 0.6) is 0 Å². The molecule has 0 saturated heterocycles. The molecular formula is C11H11BrN2O. The van der Waals surface area contributed by atoms with Crippen LogP contribution in [0.25, 0.3) is 0 Å². The molecule has 15 heavy (non-hydrogen) atoms. The third kappa shape index (κ3) is 2.80. The van der Waals surface area contributed by atoms with Crippen molar-refractivity contribution in [1.29, 1.82) is 0 Å². The SMILES string of the molecule is C#CCN(CC)C(=O)c1cccnc1Br. The van der Waals surface area contributed by atoms with Crippen molar-refractivity contribution in [2.45, 2.75) is 6.92 Å². The predicted molar refractivity (Wildman–Crippen MR) is 62.3 cm³/mol. The first-order chi connectivity index (χ1) is 7.20. The molecule has 0 bridgehead atoms. The van der Waals surface area contributed by atoms with E-state index in [-0.39, 0.29) is 5.91 Å². The van der Waals surface area contributed by atoms with Gasteiger partial charge in [-0.2, -0.15) is 0 Å². The minimum absolute atomic E-state index is 0.101. The number of terminal acetylenes is 1. The number of halogens is 1. The van der Waals surface area contributed by atoms with Gasteiger partial charge in [0.1, 0.15) is 4.60 Å². The first-order valence-electron chi connectivity index (χ1n) is 4.54. The summed E-state index contributed by atoms with van der Waals surface area (Å²) < 4.78 is 0.547. The molecule has 3 nitrogen and oxygen atoms in total. The molecule has 1 heterocycles. The second-order valence-electron chi connectivity index (χ2n) is 2.87. The molecule has 0 aliphatic carbocycles. The van der Waals surface area contributed by atoms with Crippen LogP contribution in [0.2, 0.25) is 0 Å². The number of rotatable bonds is 3. The van der Waals surface area contributed by atoms with Crippen LogP contribution in [0.1, 0.15) is 17.3 Å². The Morgan fingerprint density at radius 2 is 2.47 bits per heavy atom. The van der Waals surface area contributed by atoms with Gasteiger partial charge in [-0.3, -0.25) is 4.79 Å². The van der Waals surface area contributed by atoms with Gasteiger partial charge in [-0.15, -0.1) is 6.42 Å². The standard InChI is InChI=1S/C11H11BrN2O/c1-3-8-14(4-2)11(15)9-6-5-7-13-10(9)12/h1,5-7H,4,8H2,2H3. The molecular weight excluding hydrogens is 256 g/mol. The number of nitrogens with zero attached hydrogens (tertiary/aromatic N) is 2. The predicted octanol–water partition coefficient (Wildman–Crippen LogP) is 1.94. The van der Waals surface area contributed by atoms with Gasteiger partial charge in [0.05, 0.1) is 12.1 Å². The first kappa shape index (κ1) is 11.7. The summed E-state index contributed by atoms with van der Waals surface area (Å²) >= 11 is 3.24. The van der Waals surface area contributed by atoms with E-state index in [0.29, 0.717) is 23.3 Å². The lowest BCUT2D eigenvalue weighted by Gasteiger charge is -2.18. The molecule has 0 aliphatic rings. The zero-order valence-electron chi connectivity index (χ0n) is 8.40. The van der Waals surface area contributed by atoms with E-state index < -0.39 is 0 Å². The second-order valence-corrected chi connectivity index (χ2v) is 3.62. The van der Waals surface area contributed by atoms with Crippen LogP contribution >= 0.6 is 15.9 Å². The van der Waals surface area contributed by atoms with Crippen LogP contribution in [0, 0.1) is 12.3 Å². The van der Waals surface area contributed by atoms with Crippen LogP contribution in [0.15, 0.2) is 22.9 Å². The summed E-state index contributed by atoms with van der Waals surface area (Å²) in [4.78, 5) is 17.5. The average Bonchev–Trinajstić information content (AvgIpc) is 2.25. The van der Waals surface area contributed by atoms with E-state index in [1.165, 1.54) is 0 Å². The Labute approximate surface area is 97.6 Å². The van der Waals surface area contributed by atoms with Crippen LogP contribution in [-0.4, -0.2) is 28.9 Å². The van der Waals surface area contributed by atoms with Crippen molar-refractivity contribution in [1.82, 2.24) is 9.88 Å². The van der Waals surface area contributed by atoms with E-state index in [1.807, 2.05) is 6.92 Å². The first-order valence-corrected chi connectivity index (χ1v) is 5.33. The Balaban J connectivity index is 2.94. The normalized spacial score (nSPS) is 9.40. The highest BCUT2D eigenvalue weighted by atomic mass is 79.9. The van der Waals surface area contributed by atoms with Crippen LogP contribution < -0.4 is 0 Å². The quantitative estimate of drug-likeness (QED) is 0.619. The number of amides is 1. The van der Waals surface area contributed by atoms with Crippen molar-refractivity contribution in [3.8, 4) is 12.3 Å². The molecule has 0 aliphatic heterocycles. The lowest BCUT2D eigenvalue weighted by Crippen LogP contribution is -2.31. The number of aromatic nitrogens is 1. The Bertz CT molecular complexity index is 398. The van der Waals surface area contributed by atoms with Gasteiger partial charge in [-0.05, 0) is 35.0 Å². The van der Waals surface area contributed by atoms with Crippen LogP contribution in [-0.2, 0) is 0 Å². The number of hydrogen-bond acceptors (Lipinski definition) is 2. The van der Waals surface area contributed by atoms with Gasteiger partial charge in [0, 0.05) is 12.7 Å². The van der Waals surface area contributed by atoms with E-state index in [9.17, 15) is 4.79 Å². The summed E-state index contributed by atoms with van der Waals surface area (Å²) in [5.74, 6) is 2.36. The smallest absolute Gasteiger partial charge is 0.257 e. The lowest BCUT2D eigenvalue weighted by molar-refractivity contribution is 0.0783. The second kappa shape index (κ2) is 5.52. The minimum Gasteiger partial charge on any atom is -0.328 e. The highest BCUT2D eigenvalue weighted by Gasteiger charge is 2.15. The molecule has 4 heteroatoms. The molecule has 0 atom stereocenters. The zero-order valence-corrected chi connectivity index (χ0v) is 9.99. The summed E-state index contributed by atoms with van der Waals surface area (Å²) in [5.41, 5.74) is 0.537. The molecule has 1 rings (SSSR count). The Hall–Kier alpha value is -1.34. The number of pyridine rings is 1. The molecule has 0 fully saturated rings. The molecule has 0 spiro atoms. The van der Waals surface area contributed by atoms with Crippen LogP contribution in [0.3, 0.4) is 0 Å². The van der Waals surface area contributed by atoms with E-state index in [2.05, 4.69) is 26.8 Å². The van der Waals surface area contributed by atoms with E-state index in [0.717, 1.165) is 0 Å². The summed E-state index contributed by atoms with van der Waals surface area (Å²) in [5, 5.41) is 0. The Morgan fingerprint density at radius 3 is 3.00 bits per heavy atom. The fourth-order valence-corrected chi connectivity index (χ4v) is 1.57. The molecule has 0 N–H and O–H groups in total. The molecule has 0 aromatic carbocycles. The van der Waals surface area contributed by atoms with E-state index >= 15 is 0 Å². The van der Waals surface area contributed by atoms with Gasteiger partial charge < -0.3 is 4.90 Å². The number of carbonyl (C=O) groups excluding carboxylic acids is 1. The van der Waals surface area contributed by atoms with Crippen molar-refractivity contribution in [3.63, 3.8) is 0 Å².